The summed E-state index contributed by atoms with van der Waals surface area (Å²) in [4.78, 5) is 4.31. The maximum absolute atomic E-state index is 5.81. The van der Waals surface area contributed by atoms with Crippen molar-refractivity contribution in [1.29, 1.82) is 0 Å². The minimum absolute atomic E-state index is 0.152. The molecular weight excluding hydrogens is 240 g/mol. The van der Waals surface area contributed by atoms with E-state index >= 15 is 0 Å². The van der Waals surface area contributed by atoms with Gasteiger partial charge in [-0.05, 0) is 38.8 Å². The molecule has 1 fully saturated rings. The van der Waals surface area contributed by atoms with Crippen molar-refractivity contribution in [3.63, 3.8) is 0 Å². The number of ether oxygens (including phenoxy) is 2. The molecule has 1 aliphatic rings. The number of nitrogens with zero attached hydrogens (tertiary/aromatic N) is 1. The molecule has 2 rings (SSSR count). The Kier molecular flexibility index (Phi) is 5.45. The lowest BCUT2D eigenvalue weighted by Crippen LogP contribution is -2.17. The molecular formula is C15H24N2O2. The van der Waals surface area contributed by atoms with E-state index in [1.54, 1.807) is 6.20 Å². The molecule has 0 spiro atoms. The molecule has 0 unspecified atom stereocenters. The van der Waals surface area contributed by atoms with Gasteiger partial charge in [0.1, 0.15) is 0 Å². The predicted octanol–water partition coefficient (Wildman–Crippen LogP) is 3.24. The summed E-state index contributed by atoms with van der Waals surface area (Å²) < 4.78 is 11.5. The van der Waals surface area contributed by atoms with Gasteiger partial charge in [0, 0.05) is 12.7 Å². The summed E-state index contributed by atoms with van der Waals surface area (Å²) in [6.45, 7) is 5.52. The molecule has 4 nitrogen and oxygen atoms in total. The zero-order valence-corrected chi connectivity index (χ0v) is 11.9. The molecule has 106 valence electrons. The van der Waals surface area contributed by atoms with Crippen LogP contribution in [0.2, 0.25) is 0 Å². The SMILES string of the molecule is CC(C)Oc1cccnc1NCCOC1CCCC1. The van der Waals surface area contributed by atoms with E-state index in [-0.39, 0.29) is 6.10 Å². The third kappa shape index (κ3) is 4.71. The third-order valence-corrected chi connectivity index (χ3v) is 3.18. The normalized spacial score (nSPS) is 15.9. The van der Waals surface area contributed by atoms with Crippen LogP contribution in [0, 0.1) is 0 Å². The van der Waals surface area contributed by atoms with E-state index in [4.69, 9.17) is 9.47 Å². The van der Waals surface area contributed by atoms with Gasteiger partial charge in [-0.2, -0.15) is 0 Å². The first kappa shape index (κ1) is 14.1. The molecule has 1 aliphatic carbocycles. The molecule has 0 aromatic carbocycles. The highest BCUT2D eigenvalue weighted by atomic mass is 16.5. The number of hydrogen-bond donors (Lipinski definition) is 1. The topological polar surface area (TPSA) is 43.4 Å². The minimum atomic E-state index is 0.152. The molecule has 0 saturated heterocycles. The van der Waals surface area contributed by atoms with Crippen LogP contribution in [0.1, 0.15) is 39.5 Å². The molecule has 1 N–H and O–H groups in total. The summed E-state index contributed by atoms with van der Waals surface area (Å²) in [5, 5.41) is 3.28. The van der Waals surface area contributed by atoms with Crippen molar-refractivity contribution >= 4 is 5.82 Å². The van der Waals surface area contributed by atoms with Gasteiger partial charge in [0.25, 0.3) is 0 Å². The zero-order chi connectivity index (χ0) is 13.5. The monoisotopic (exact) mass is 264 g/mol. The van der Waals surface area contributed by atoms with Crippen LogP contribution in [-0.4, -0.2) is 30.3 Å². The maximum Gasteiger partial charge on any atom is 0.168 e. The lowest BCUT2D eigenvalue weighted by molar-refractivity contribution is 0.0658. The summed E-state index contributed by atoms with van der Waals surface area (Å²) in [6, 6.07) is 3.82. The van der Waals surface area contributed by atoms with Crippen molar-refractivity contribution in [3.8, 4) is 5.75 Å². The summed E-state index contributed by atoms with van der Waals surface area (Å²) in [5.74, 6) is 1.60. The van der Waals surface area contributed by atoms with Gasteiger partial charge in [-0.3, -0.25) is 0 Å². The first-order chi connectivity index (χ1) is 9.25. The van der Waals surface area contributed by atoms with Crippen molar-refractivity contribution in [2.24, 2.45) is 0 Å². The molecule has 0 amide bonds. The molecule has 0 aliphatic heterocycles. The Morgan fingerprint density at radius 2 is 2.16 bits per heavy atom. The second kappa shape index (κ2) is 7.34. The average Bonchev–Trinajstić information content (AvgIpc) is 2.89. The fraction of sp³-hybridized carbons (Fsp3) is 0.667. The van der Waals surface area contributed by atoms with Crippen LogP contribution in [0.3, 0.4) is 0 Å². The van der Waals surface area contributed by atoms with Gasteiger partial charge in [-0.25, -0.2) is 4.98 Å². The number of aromatic nitrogens is 1. The molecule has 1 saturated carbocycles. The first-order valence-electron chi connectivity index (χ1n) is 7.23. The van der Waals surface area contributed by atoms with Gasteiger partial charge in [-0.1, -0.05) is 12.8 Å². The van der Waals surface area contributed by atoms with Crippen LogP contribution in [0.15, 0.2) is 18.3 Å². The summed E-state index contributed by atoms with van der Waals surface area (Å²) >= 11 is 0. The maximum atomic E-state index is 5.81. The van der Waals surface area contributed by atoms with Crippen LogP contribution in [0.5, 0.6) is 5.75 Å². The van der Waals surface area contributed by atoms with Crippen molar-refractivity contribution in [1.82, 2.24) is 4.98 Å². The van der Waals surface area contributed by atoms with E-state index in [9.17, 15) is 0 Å². The van der Waals surface area contributed by atoms with Gasteiger partial charge in [0.05, 0.1) is 18.8 Å². The Bertz CT molecular complexity index is 376. The third-order valence-electron chi connectivity index (χ3n) is 3.18. The van der Waals surface area contributed by atoms with Crippen LogP contribution < -0.4 is 10.1 Å². The smallest absolute Gasteiger partial charge is 0.168 e. The Hall–Kier alpha value is -1.29. The van der Waals surface area contributed by atoms with Crippen LogP contribution in [0.25, 0.3) is 0 Å². The minimum Gasteiger partial charge on any atom is -0.487 e. The lowest BCUT2D eigenvalue weighted by Gasteiger charge is -2.15. The summed E-state index contributed by atoms with van der Waals surface area (Å²) in [6.07, 6.45) is 7.44. The fourth-order valence-corrected chi connectivity index (χ4v) is 2.32. The number of rotatable bonds is 7. The van der Waals surface area contributed by atoms with Gasteiger partial charge >= 0.3 is 0 Å². The van der Waals surface area contributed by atoms with Gasteiger partial charge in [0.15, 0.2) is 11.6 Å². The van der Waals surface area contributed by atoms with E-state index in [0.29, 0.717) is 6.10 Å². The summed E-state index contributed by atoms with van der Waals surface area (Å²) in [7, 11) is 0. The molecule has 0 bridgehead atoms. The van der Waals surface area contributed by atoms with Crippen molar-refractivity contribution in [2.75, 3.05) is 18.5 Å². The Labute approximate surface area is 115 Å². The average molecular weight is 264 g/mol. The molecule has 0 radical (unpaired) electrons. The largest absolute Gasteiger partial charge is 0.487 e. The molecule has 1 heterocycles. The highest BCUT2D eigenvalue weighted by Gasteiger charge is 2.14. The highest BCUT2D eigenvalue weighted by molar-refractivity contribution is 5.49. The Morgan fingerprint density at radius 3 is 2.89 bits per heavy atom. The Morgan fingerprint density at radius 1 is 1.37 bits per heavy atom. The number of pyridine rings is 1. The molecule has 4 heteroatoms. The standard InChI is InChI=1S/C15H24N2O2/c1-12(2)19-14-8-5-9-16-15(14)17-10-11-18-13-6-3-4-7-13/h5,8-9,12-13H,3-4,6-7,10-11H2,1-2H3,(H,16,17). The van der Waals surface area contributed by atoms with E-state index in [2.05, 4.69) is 10.3 Å². The predicted molar refractivity (Wildman–Crippen MR) is 76.7 cm³/mol. The highest BCUT2D eigenvalue weighted by Crippen LogP contribution is 2.22. The molecule has 0 atom stereocenters. The lowest BCUT2D eigenvalue weighted by atomic mass is 10.3. The summed E-state index contributed by atoms with van der Waals surface area (Å²) in [5.41, 5.74) is 0. The van der Waals surface area contributed by atoms with Crippen LogP contribution in [-0.2, 0) is 4.74 Å². The molecule has 1 aromatic rings. The van der Waals surface area contributed by atoms with Crippen molar-refractivity contribution in [2.45, 2.75) is 51.7 Å². The Balaban J connectivity index is 1.75. The van der Waals surface area contributed by atoms with Gasteiger partial charge < -0.3 is 14.8 Å². The molecule has 1 aromatic heterocycles. The van der Waals surface area contributed by atoms with Crippen LogP contribution in [0.4, 0.5) is 5.82 Å². The number of hydrogen-bond acceptors (Lipinski definition) is 4. The van der Waals surface area contributed by atoms with Gasteiger partial charge in [0.2, 0.25) is 0 Å². The van der Waals surface area contributed by atoms with Crippen molar-refractivity contribution in [3.05, 3.63) is 18.3 Å². The van der Waals surface area contributed by atoms with Gasteiger partial charge in [-0.15, -0.1) is 0 Å². The number of nitrogens with one attached hydrogen (secondary N) is 1. The molecule has 19 heavy (non-hydrogen) atoms. The second-order valence-corrected chi connectivity index (χ2v) is 5.22. The first-order valence-corrected chi connectivity index (χ1v) is 7.23. The van der Waals surface area contributed by atoms with E-state index in [0.717, 1.165) is 24.7 Å². The van der Waals surface area contributed by atoms with Crippen molar-refractivity contribution < 1.29 is 9.47 Å². The van der Waals surface area contributed by atoms with Crippen LogP contribution >= 0.6 is 0 Å². The zero-order valence-electron chi connectivity index (χ0n) is 11.9. The second-order valence-electron chi connectivity index (χ2n) is 5.22. The quantitative estimate of drug-likeness (QED) is 0.768. The van der Waals surface area contributed by atoms with E-state index in [1.807, 2.05) is 26.0 Å². The number of anilines is 1. The van der Waals surface area contributed by atoms with E-state index in [1.165, 1.54) is 25.7 Å². The fourth-order valence-electron chi connectivity index (χ4n) is 2.32. The van der Waals surface area contributed by atoms with E-state index < -0.39 is 0 Å².